The molecule has 12 nitrogen and oxygen atoms in total. The normalized spacial score (nSPS) is 20.2. The highest BCUT2D eigenvalue weighted by Gasteiger charge is 2.54. The number of fused-ring (bicyclic) bond motifs is 1. The number of hydrogen-bond donors (Lipinski definition) is 3. The standard InChI is InChI=1S/C38H45ClN6O6/c1-4-7-14-29(34(47)36(49)40-25-16-17-25)42-35(48)31-21-38(20-30(43-51-38)23-11-10-12-24(39)18-23)22-45(31)37(50)33-27(19-32(46)44(5-2)6-3)26-13-8-9-15-28(26)41-33/h8-13,15,18,25,29,31,41H,4-7,14,16-17,19-22H2,1-3H3,(H,40,49)(H,42,48)/t29-,31-,38+/m0/s1. The molecular formula is C38H45ClN6O6. The quantitative estimate of drug-likeness (QED) is 0.209. The second-order valence-corrected chi connectivity index (χ2v) is 14.2. The summed E-state index contributed by atoms with van der Waals surface area (Å²) in [6, 6.07) is 12.5. The van der Waals surface area contributed by atoms with E-state index in [1.807, 2.05) is 57.2 Å². The molecule has 51 heavy (non-hydrogen) atoms. The zero-order valence-corrected chi connectivity index (χ0v) is 30.1. The van der Waals surface area contributed by atoms with Crippen LogP contribution < -0.4 is 10.6 Å². The highest BCUT2D eigenvalue weighted by atomic mass is 35.5. The van der Waals surface area contributed by atoms with Gasteiger partial charge in [0.2, 0.25) is 17.6 Å². The minimum Gasteiger partial charge on any atom is -0.387 e. The third-order valence-corrected chi connectivity index (χ3v) is 10.3. The predicted octanol–water partition coefficient (Wildman–Crippen LogP) is 4.53. The van der Waals surface area contributed by atoms with Gasteiger partial charge in [-0.1, -0.05) is 66.9 Å². The number of likely N-dealkylation sites (N-methyl/N-ethyl adjacent to an activating group) is 1. The van der Waals surface area contributed by atoms with Crippen molar-refractivity contribution in [2.75, 3.05) is 19.6 Å². The Labute approximate surface area is 302 Å². The Bertz CT molecular complexity index is 1870. The number of aromatic amines is 1. The molecule has 0 unspecified atom stereocenters. The number of likely N-dealkylation sites (tertiary alicyclic amines) is 1. The molecule has 4 amide bonds. The van der Waals surface area contributed by atoms with Gasteiger partial charge in [0.1, 0.15) is 11.7 Å². The monoisotopic (exact) mass is 716 g/mol. The summed E-state index contributed by atoms with van der Waals surface area (Å²) in [7, 11) is 0. The molecule has 2 aliphatic heterocycles. The highest BCUT2D eigenvalue weighted by Crippen LogP contribution is 2.40. The van der Waals surface area contributed by atoms with Gasteiger partial charge in [0, 0.05) is 53.5 Å². The van der Waals surface area contributed by atoms with Crippen molar-refractivity contribution in [2.24, 2.45) is 5.16 Å². The SMILES string of the molecule is CCCC[C@H](NC(=O)[C@@H]1C[C@]2(CC(c3cccc(Cl)c3)=NO2)CN1C(=O)c1[nH]c2ccccc2c1CC(=O)N(CC)CC)C(=O)C(=O)NC1CC1. The van der Waals surface area contributed by atoms with Crippen LogP contribution in [0.25, 0.3) is 10.9 Å². The molecular weight excluding hydrogens is 672 g/mol. The van der Waals surface area contributed by atoms with Gasteiger partial charge in [-0.25, -0.2) is 0 Å². The summed E-state index contributed by atoms with van der Waals surface area (Å²) in [6.07, 6.45) is 3.69. The Hall–Kier alpha value is -4.71. The maximum Gasteiger partial charge on any atom is 0.289 e. The van der Waals surface area contributed by atoms with Crippen LogP contribution in [0.15, 0.2) is 53.7 Å². The van der Waals surface area contributed by atoms with E-state index in [0.717, 1.165) is 30.2 Å². The number of hydrogen-bond acceptors (Lipinski definition) is 7. The van der Waals surface area contributed by atoms with Crippen LogP contribution in [0, 0.1) is 0 Å². The van der Waals surface area contributed by atoms with Crippen molar-refractivity contribution in [2.45, 2.75) is 95.9 Å². The zero-order valence-electron chi connectivity index (χ0n) is 29.3. The molecule has 270 valence electrons. The number of oxime groups is 1. The van der Waals surface area contributed by atoms with Gasteiger partial charge in [0.05, 0.1) is 24.7 Å². The average Bonchev–Trinajstić information content (AvgIpc) is 3.55. The molecule has 2 fully saturated rings. The third kappa shape index (κ3) is 7.80. The predicted molar refractivity (Wildman–Crippen MR) is 193 cm³/mol. The fourth-order valence-electron chi connectivity index (χ4n) is 7.07. The lowest BCUT2D eigenvalue weighted by Gasteiger charge is -2.26. The molecule has 6 rings (SSSR count). The summed E-state index contributed by atoms with van der Waals surface area (Å²) < 4.78 is 0. The van der Waals surface area contributed by atoms with Gasteiger partial charge < -0.3 is 30.3 Å². The van der Waals surface area contributed by atoms with Gasteiger partial charge in [0.25, 0.3) is 11.8 Å². The van der Waals surface area contributed by atoms with Gasteiger partial charge in [-0.3, -0.25) is 24.0 Å². The molecule has 1 saturated carbocycles. The van der Waals surface area contributed by atoms with Gasteiger partial charge >= 0.3 is 0 Å². The molecule has 3 atom stereocenters. The average molecular weight is 717 g/mol. The Kier molecular flexibility index (Phi) is 10.8. The molecule has 1 saturated heterocycles. The van der Waals surface area contributed by atoms with Crippen molar-refractivity contribution in [3.05, 3.63) is 70.4 Å². The first-order valence-electron chi connectivity index (χ1n) is 17.9. The number of rotatable bonds is 14. The van der Waals surface area contributed by atoms with Gasteiger partial charge in [-0.15, -0.1) is 0 Å². The number of Topliss-reactive ketones (excluding diaryl/α,β-unsaturated/α-hetero) is 1. The van der Waals surface area contributed by atoms with Crippen molar-refractivity contribution >= 4 is 57.6 Å². The number of halogens is 1. The maximum atomic E-state index is 14.8. The van der Waals surface area contributed by atoms with Crippen LogP contribution in [-0.2, 0) is 30.4 Å². The first-order chi connectivity index (χ1) is 24.6. The second-order valence-electron chi connectivity index (χ2n) is 13.7. The number of ketones is 1. The Balaban J connectivity index is 1.33. The summed E-state index contributed by atoms with van der Waals surface area (Å²) in [5.41, 5.74) is 1.81. The van der Waals surface area contributed by atoms with Crippen LogP contribution in [0.5, 0.6) is 0 Å². The van der Waals surface area contributed by atoms with Crippen LogP contribution in [0.1, 0.15) is 87.3 Å². The molecule has 3 aliphatic rings. The van der Waals surface area contributed by atoms with Crippen molar-refractivity contribution in [3.8, 4) is 0 Å². The molecule has 13 heteroatoms. The Morgan fingerprint density at radius 2 is 1.84 bits per heavy atom. The van der Waals surface area contributed by atoms with E-state index in [9.17, 15) is 24.0 Å². The number of aromatic nitrogens is 1. The van der Waals surface area contributed by atoms with E-state index >= 15 is 0 Å². The summed E-state index contributed by atoms with van der Waals surface area (Å²) in [5, 5.41) is 11.2. The summed E-state index contributed by atoms with van der Waals surface area (Å²) in [6.45, 7) is 6.86. The molecule has 3 N–H and O–H groups in total. The van der Waals surface area contributed by atoms with Crippen molar-refractivity contribution in [1.29, 1.82) is 0 Å². The Morgan fingerprint density at radius 3 is 2.55 bits per heavy atom. The van der Waals surface area contributed by atoms with Crippen LogP contribution >= 0.6 is 11.6 Å². The van der Waals surface area contributed by atoms with Gasteiger partial charge in [0.15, 0.2) is 5.60 Å². The fourth-order valence-corrected chi connectivity index (χ4v) is 7.26. The fraction of sp³-hybridized carbons (Fsp3) is 0.474. The maximum absolute atomic E-state index is 14.8. The molecule has 2 aromatic carbocycles. The number of H-pyrrole nitrogens is 1. The summed E-state index contributed by atoms with van der Waals surface area (Å²) in [4.78, 5) is 81.1. The number of amides is 4. The van der Waals surface area contributed by atoms with E-state index in [0.29, 0.717) is 47.7 Å². The lowest BCUT2D eigenvalue weighted by Crippen LogP contribution is -2.53. The minimum atomic E-state index is -1.06. The lowest BCUT2D eigenvalue weighted by atomic mass is 9.91. The highest BCUT2D eigenvalue weighted by molar-refractivity contribution is 6.38. The molecule has 1 aromatic heterocycles. The van der Waals surface area contributed by atoms with Crippen LogP contribution in [0.4, 0.5) is 0 Å². The first kappa shape index (κ1) is 36.1. The number of carbonyl (C=O) groups excluding carboxylic acids is 5. The van der Waals surface area contributed by atoms with E-state index in [1.54, 1.807) is 17.0 Å². The van der Waals surface area contributed by atoms with E-state index in [4.69, 9.17) is 16.4 Å². The summed E-state index contributed by atoms with van der Waals surface area (Å²) in [5.74, 6) is -2.58. The zero-order chi connectivity index (χ0) is 36.3. The largest absolute Gasteiger partial charge is 0.387 e. The third-order valence-electron chi connectivity index (χ3n) is 10.0. The molecule has 1 aliphatic carbocycles. The molecule has 0 radical (unpaired) electrons. The topological polar surface area (TPSA) is 153 Å². The molecule has 3 aromatic rings. The van der Waals surface area contributed by atoms with E-state index in [2.05, 4.69) is 20.8 Å². The van der Waals surface area contributed by atoms with E-state index in [-0.39, 0.29) is 43.5 Å². The molecule has 0 bridgehead atoms. The number of para-hydroxylation sites is 1. The Morgan fingerprint density at radius 1 is 1.08 bits per heavy atom. The van der Waals surface area contributed by atoms with Crippen molar-refractivity contribution < 1.29 is 28.8 Å². The number of benzene rings is 2. The minimum absolute atomic E-state index is 0.00909. The molecule has 1 spiro atoms. The van der Waals surface area contributed by atoms with Crippen molar-refractivity contribution in [3.63, 3.8) is 0 Å². The second kappa shape index (κ2) is 15.3. The lowest BCUT2D eigenvalue weighted by molar-refractivity contribution is -0.140. The van der Waals surface area contributed by atoms with Crippen LogP contribution in [0.3, 0.4) is 0 Å². The van der Waals surface area contributed by atoms with E-state index in [1.165, 1.54) is 4.90 Å². The number of nitrogens with one attached hydrogen (secondary N) is 3. The van der Waals surface area contributed by atoms with Crippen molar-refractivity contribution in [1.82, 2.24) is 25.4 Å². The number of carbonyl (C=O) groups is 5. The van der Waals surface area contributed by atoms with Crippen LogP contribution in [0.2, 0.25) is 5.02 Å². The molecule has 3 heterocycles. The first-order valence-corrected chi connectivity index (χ1v) is 18.3. The smallest absolute Gasteiger partial charge is 0.289 e. The number of unbranched alkanes of at least 4 members (excludes halogenated alkanes) is 1. The van der Waals surface area contributed by atoms with Gasteiger partial charge in [-0.05, 0) is 56.9 Å². The summed E-state index contributed by atoms with van der Waals surface area (Å²) >= 11 is 6.27. The number of nitrogens with zero attached hydrogens (tertiary/aromatic N) is 3. The van der Waals surface area contributed by atoms with Crippen LogP contribution in [-0.4, -0.2) is 93.3 Å². The van der Waals surface area contributed by atoms with Gasteiger partial charge in [-0.2, -0.15) is 0 Å². The van der Waals surface area contributed by atoms with E-state index < -0.39 is 41.2 Å².